The molecular formula is C2H7BrMg. The van der Waals surface area contributed by atoms with Gasteiger partial charge in [0.15, 0.2) is 0 Å². The Morgan fingerprint density at radius 2 is 0.750 bits per heavy atom. The van der Waals surface area contributed by atoms with Gasteiger partial charge < -0.3 is 14.9 Å². The number of hydrogen-bond donors (Lipinski definition) is 0. The minimum absolute atomic E-state index is 0. The van der Waals surface area contributed by atoms with Crippen LogP contribution in [-0.4, -0.2) is 23.1 Å². The van der Waals surface area contributed by atoms with Crippen LogP contribution in [0.2, 0.25) is 0 Å². The van der Waals surface area contributed by atoms with Crippen molar-refractivity contribution in [3.63, 3.8) is 0 Å². The summed E-state index contributed by atoms with van der Waals surface area (Å²) in [5.74, 6) is 0. The first kappa shape index (κ1) is 60.9. The summed E-state index contributed by atoms with van der Waals surface area (Å²) in [4.78, 5) is 0. The molecule has 0 radical (unpaired) electrons. The maximum atomic E-state index is 0. The van der Waals surface area contributed by atoms with Crippen molar-refractivity contribution in [2.45, 2.75) is 0 Å². The molecule has 0 amide bonds. The zero-order valence-electron chi connectivity index (χ0n) is 3.12. The molecule has 4 heavy (non-hydrogen) atoms. The van der Waals surface area contributed by atoms with Crippen LogP contribution < -0.4 is 0 Å². The van der Waals surface area contributed by atoms with Gasteiger partial charge in [0.2, 0.25) is 0 Å². The van der Waals surface area contributed by atoms with Crippen LogP contribution in [-0.2, 0) is 0 Å². The van der Waals surface area contributed by atoms with Crippen molar-refractivity contribution < 1.29 is 0 Å². The molecule has 0 spiro atoms. The van der Waals surface area contributed by atoms with E-state index in [1.165, 1.54) is 0 Å². The number of rotatable bonds is 0. The third-order valence-corrected chi connectivity index (χ3v) is 0. The zero-order valence-corrected chi connectivity index (χ0v) is 6.24. The van der Waals surface area contributed by atoms with Gasteiger partial charge in [0.05, 0.1) is 0 Å². The Balaban J connectivity index is 0. The van der Waals surface area contributed by atoms with E-state index >= 15 is 0 Å². The topological polar surface area (TPSA) is 0 Å². The van der Waals surface area contributed by atoms with Gasteiger partial charge in [-0.05, 0) is 0 Å². The van der Waals surface area contributed by atoms with E-state index < -0.39 is 0 Å². The molecule has 0 aromatic carbocycles. The average Bonchev–Trinajstić information content (AvgIpc) is 0. The van der Waals surface area contributed by atoms with Gasteiger partial charge in [-0.1, -0.05) is 0 Å². The Bertz CT molecular complexity index is 6.00. The Kier molecular flexibility index (Phi) is 439. The summed E-state index contributed by atoms with van der Waals surface area (Å²) in [6.45, 7) is 0. The summed E-state index contributed by atoms with van der Waals surface area (Å²) in [7, 11) is 0. The molecule has 0 atom stereocenters. The van der Waals surface area contributed by atoms with Gasteiger partial charge in [0.1, 0.15) is 0 Å². The van der Waals surface area contributed by atoms with Crippen molar-refractivity contribution in [2.24, 2.45) is 0 Å². The SMILES string of the molecule is Br.[CH3-].[CH3-].[Mg+2]. The molecular weight excluding hydrogens is 128 g/mol. The standard InChI is InChI=1S/2CH3.BrH.Mg/h2*1H3;1H;/q2*-1;;+2. The number of hydrogen-bond acceptors (Lipinski definition) is 0. The molecule has 2 heteroatoms. The molecule has 0 aliphatic rings. The van der Waals surface area contributed by atoms with Crippen molar-refractivity contribution in [3.05, 3.63) is 14.9 Å². The Morgan fingerprint density at radius 3 is 0.750 bits per heavy atom. The van der Waals surface area contributed by atoms with Gasteiger partial charge in [-0.15, -0.1) is 17.0 Å². The smallest absolute Gasteiger partial charge is 0.358 e. The van der Waals surface area contributed by atoms with E-state index in [9.17, 15) is 0 Å². The Labute approximate surface area is 54.9 Å². The molecule has 0 heterocycles. The summed E-state index contributed by atoms with van der Waals surface area (Å²) < 4.78 is 0. The van der Waals surface area contributed by atoms with Gasteiger partial charge >= 0.3 is 23.1 Å². The van der Waals surface area contributed by atoms with Crippen molar-refractivity contribution >= 4 is 40.0 Å². The molecule has 0 aromatic heterocycles. The molecule has 0 N–H and O–H groups in total. The summed E-state index contributed by atoms with van der Waals surface area (Å²) in [5.41, 5.74) is 0. The van der Waals surface area contributed by atoms with Crippen LogP contribution in [0, 0.1) is 14.9 Å². The van der Waals surface area contributed by atoms with Gasteiger partial charge in [0, 0.05) is 0 Å². The Hall–Kier alpha value is 1.25. The largest absolute Gasteiger partial charge is 2.00 e. The van der Waals surface area contributed by atoms with E-state index in [1.807, 2.05) is 0 Å². The fourth-order valence-electron chi connectivity index (χ4n) is 0. The second-order valence-corrected chi connectivity index (χ2v) is 0. The molecule has 0 nitrogen and oxygen atoms in total. The van der Waals surface area contributed by atoms with E-state index in [1.54, 1.807) is 0 Å². The molecule has 0 bridgehead atoms. The maximum Gasteiger partial charge on any atom is 2.00 e. The van der Waals surface area contributed by atoms with Crippen molar-refractivity contribution in [2.75, 3.05) is 0 Å². The fraction of sp³-hybridized carbons (Fsp3) is 0. The molecule has 0 rings (SSSR count). The van der Waals surface area contributed by atoms with Crippen molar-refractivity contribution in [1.29, 1.82) is 0 Å². The predicted molar refractivity (Wildman–Crippen MR) is 28.9 cm³/mol. The van der Waals surface area contributed by atoms with Crippen LogP contribution in [0.25, 0.3) is 0 Å². The first-order valence-corrected chi connectivity index (χ1v) is 0. The molecule has 0 saturated carbocycles. The van der Waals surface area contributed by atoms with E-state index in [0.29, 0.717) is 0 Å². The van der Waals surface area contributed by atoms with Crippen LogP contribution >= 0.6 is 17.0 Å². The summed E-state index contributed by atoms with van der Waals surface area (Å²) >= 11 is 0. The average molecular weight is 135 g/mol. The predicted octanol–water partition coefficient (Wildman–Crippen LogP) is 1.10. The van der Waals surface area contributed by atoms with Crippen LogP contribution in [0.3, 0.4) is 0 Å². The monoisotopic (exact) mass is 134 g/mol. The molecule has 0 aliphatic heterocycles. The van der Waals surface area contributed by atoms with E-state index in [0.717, 1.165) is 0 Å². The molecule has 24 valence electrons. The summed E-state index contributed by atoms with van der Waals surface area (Å²) in [6, 6.07) is 0. The van der Waals surface area contributed by atoms with Gasteiger partial charge in [-0.2, -0.15) is 0 Å². The van der Waals surface area contributed by atoms with E-state index in [4.69, 9.17) is 0 Å². The molecule has 0 unspecified atom stereocenters. The van der Waals surface area contributed by atoms with E-state index in [2.05, 4.69) is 0 Å². The normalized spacial score (nSPS) is 0. The number of halogens is 1. The minimum atomic E-state index is 0. The van der Waals surface area contributed by atoms with Crippen molar-refractivity contribution in [1.82, 2.24) is 0 Å². The van der Waals surface area contributed by atoms with E-state index in [-0.39, 0.29) is 54.9 Å². The van der Waals surface area contributed by atoms with Gasteiger partial charge in [-0.3, -0.25) is 0 Å². The molecule has 0 aromatic rings. The van der Waals surface area contributed by atoms with Gasteiger partial charge in [-0.25, -0.2) is 0 Å². The maximum absolute atomic E-state index is 0. The quantitative estimate of drug-likeness (QED) is 0.345. The second kappa shape index (κ2) is 28.8. The third-order valence-electron chi connectivity index (χ3n) is 0. The second-order valence-electron chi connectivity index (χ2n) is 0. The minimum Gasteiger partial charge on any atom is -0.358 e. The molecule has 0 fully saturated rings. The van der Waals surface area contributed by atoms with Crippen molar-refractivity contribution in [3.8, 4) is 0 Å². The first-order chi connectivity index (χ1) is 0. The van der Waals surface area contributed by atoms with Crippen LogP contribution in [0.1, 0.15) is 0 Å². The molecule has 0 saturated heterocycles. The summed E-state index contributed by atoms with van der Waals surface area (Å²) in [5, 5.41) is 0. The zero-order chi connectivity index (χ0) is 0. The first-order valence-electron chi connectivity index (χ1n) is 0. The van der Waals surface area contributed by atoms with Crippen LogP contribution in [0.4, 0.5) is 0 Å². The summed E-state index contributed by atoms with van der Waals surface area (Å²) in [6.07, 6.45) is 0. The molecule has 0 aliphatic carbocycles. The van der Waals surface area contributed by atoms with Crippen LogP contribution in [0.5, 0.6) is 0 Å². The Morgan fingerprint density at radius 1 is 0.750 bits per heavy atom. The third kappa shape index (κ3) is 10.5. The fourth-order valence-corrected chi connectivity index (χ4v) is 0. The van der Waals surface area contributed by atoms with Crippen LogP contribution in [0.15, 0.2) is 0 Å². The van der Waals surface area contributed by atoms with Gasteiger partial charge in [0.25, 0.3) is 0 Å².